The molecular formula is C18H14BrF6N5O2. The van der Waals surface area contributed by atoms with Crippen molar-refractivity contribution in [3.05, 3.63) is 51.8 Å². The highest BCUT2D eigenvalue weighted by molar-refractivity contribution is 9.10. The number of aryl methyl sites for hydroxylation is 1. The third-order valence-electron chi connectivity index (χ3n) is 4.10. The first-order valence-corrected chi connectivity index (χ1v) is 9.63. The van der Waals surface area contributed by atoms with Gasteiger partial charge in [0.2, 0.25) is 0 Å². The van der Waals surface area contributed by atoms with Crippen molar-refractivity contribution in [1.29, 1.82) is 0 Å². The number of hydrogen-bond donors (Lipinski definition) is 1. The lowest BCUT2D eigenvalue weighted by molar-refractivity contribution is -0.142. The Bertz CT molecular complexity index is 1160. The molecule has 0 aliphatic carbocycles. The molecule has 14 heteroatoms. The molecule has 0 aliphatic rings. The SMILES string of the molecule is CCOc1cc(F)cc(Br)c1-n1ncc(NC(=O)c2cn(C)nc2C(F)F)c1C(F)(F)F. The third kappa shape index (κ3) is 4.59. The number of anilines is 1. The van der Waals surface area contributed by atoms with E-state index in [-0.39, 0.29) is 22.5 Å². The number of hydrogen-bond acceptors (Lipinski definition) is 4. The molecule has 0 radical (unpaired) electrons. The van der Waals surface area contributed by atoms with Crippen LogP contribution in [0.5, 0.6) is 5.75 Å². The summed E-state index contributed by atoms with van der Waals surface area (Å²) in [7, 11) is 1.28. The predicted molar refractivity (Wildman–Crippen MR) is 104 cm³/mol. The first-order chi connectivity index (χ1) is 14.9. The molecule has 2 aromatic heterocycles. The lowest BCUT2D eigenvalue weighted by Crippen LogP contribution is -2.20. The van der Waals surface area contributed by atoms with Crippen molar-refractivity contribution in [2.45, 2.75) is 19.5 Å². The fourth-order valence-electron chi connectivity index (χ4n) is 2.93. The molecule has 0 unspecified atom stereocenters. The molecule has 172 valence electrons. The second kappa shape index (κ2) is 8.84. The minimum Gasteiger partial charge on any atom is -0.491 e. The fraction of sp³-hybridized carbons (Fsp3) is 0.278. The molecular weight excluding hydrogens is 512 g/mol. The maximum absolute atomic E-state index is 13.9. The van der Waals surface area contributed by atoms with Gasteiger partial charge in [-0.1, -0.05) is 0 Å². The summed E-state index contributed by atoms with van der Waals surface area (Å²) >= 11 is 3.00. The van der Waals surface area contributed by atoms with Gasteiger partial charge in [-0.3, -0.25) is 9.48 Å². The Labute approximate surface area is 185 Å². The molecule has 2 heterocycles. The minimum atomic E-state index is -5.04. The molecule has 0 spiro atoms. The first-order valence-electron chi connectivity index (χ1n) is 8.84. The highest BCUT2D eigenvalue weighted by Crippen LogP contribution is 2.41. The number of carbonyl (C=O) groups is 1. The van der Waals surface area contributed by atoms with Crippen LogP contribution in [0.3, 0.4) is 0 Å². The number of ether oxygens (including phenoxy) is 1. The Morgan fingerprint density at radius 2 is 2.00 bits per heavy atom. The van der Waals surface area contributed by atoms with Gasteiger partial charge in [0, 0.05) is 23.8 Å². The van der Waals surface area contributed by atoms with Gasteiger partial charge in [-0.05, 0) is 28.9 Å². The molecule has 0 bridgehead atoms. The van der Waals surface area contributed by atoms with Gasteiger partial charge < -0.3 is 10.1 Å². The van der Waals surface area contributed by atoms with Crippen molar-refractivity contribution in [3.8, 4) is 11.4 Å². The largest absolute Gasteiger partial charge is 0.491 e. The average Bonchev–Trinajstić information content (AvgIpc) is 3.25. The topological polar surface area (TPSA) is 74.0 Å². The first kappa shape index (κ1) is 23.6. The Balaban J connectivity index is 2.12. The van der Waals surface area contributed by atoms with E-state index in [0.717, 1.165) is 23.0 Å². The molecule has 3 rings (SSSR count). The molecule has 1 aromatic carbocycles. The number of alkyl halides is 5. The predicted octanol–water partition coefficient (Wildman–Crippen LogP) is 5.11. The van der Waals surface area contributed by atoms with Crippen LogP contribution in [0, 0.1) is 5.82 Å². The second-order valence-electron chi connectivity index (χ2n) is 6.34. The van der Waals surface area contributed by atoms with Gasteiger partial charge in [0.05, 0.1) is 24.1 Å². The van der Waals surface area contributed by atoms with E-state index in [2.05, 4.69) is 26.1 Å². The molecule has 1 amide bonds. The van der Waals surface area contributed by atoms with Crippen molar-refractivity contribution in [3.63, 3.8) is 0 Å². The maximum atomic E-state index is 13.9. The molecule has 0 fully saturated rings. The Kier molecular flexibility index (Phi) is 6.53. The highest BCUT2D eigenvalue weighted by Gasteiger charge is 2.40. The summed E-state index contributed by atoms with van der Waals surface area (Å²) in [4.78, 5) is 12.5. The maximum Gasteiger partial charge on any atom is 0.435 e. The summed E-state index contributed by atoms with van der Waals surface area (Å²) in [6, 6.07) is 1.80. The number of nitrogens with zero attached hydrogens (tertiary/aromatic N) is 4. The number of benzene rings is 1. The van der Waals surface area contributed by atoms with Gasteiger partial charge in [0.25, 0.3) is 12.3 Å². The second-order valence-corrected chi connectivity index (χ2v) is 7.19. The monoisotopic (exact) mass is 525 g/mol. The van der Waals surface area contributed by atoms with Gasteiger partial charge in [-0.15, -0.1) is 0 Å². The van der Waals surface area contributed by atoms with Crippen LogP contribution < -0.4 is 10.1 Å². The van der Waals surface area contributed by atoms with E-state index in [1.807, 2.05) is 5.32 Å². The van der Waals surface area contributed by atoms with E-state index in [0.29, 0.717) is 10.9 Å². The molecule has 0 saturated carbocycles. The van der Waals surface area contributed by atoms with Crippen LogP contribution in [0.1, 0.15) is 35.1 Å². The van der Waals surface area contributed by atoms with Crippen LogP contribution in [0.4, 0.5) is 32.0 Å². The quantitative estimate of drug-likeness (QED) is 0.453. The van der Waals surface area contributed by atoms with Gasteiger partial charge >= 0.3 is 6.18 Å². The molecule has 0 aliphatic heterocycles. The van der Waals surface area contributed by atoms with Crippen molar-refractivity contribution >= 4 is 27.5 Å². The zero-order valence-electron chi connectivity index (χ0n) is 16.3. The molecule has 0 saturated heterocycles. The van der Waals surface area contributed by atoms with E-state index in [9.17, 15) is 31.1 Å². The average molecular weight is 526 g/mol. The lowest BCUT2D eigenvalue weighted by Gasteiger charge is -2.17. The van der Waals surface area contributed by atoms with Crippen LogP contribution in [0.2, 0.25) is 0 Å². The minimum absolute atomic E-state index is 0.0204. The Morgan fingerprint density at radius 1 is 1.31 bits per heavy atom. The normalized spacial score (nSPS) is 11.8. The standard InChI is InChI=1S/C18H14BrF6N5O2/c1-3-32-12-5-8(20)4-10(19)14(12)30-15(18(23,24)25)11(6-26-30)27-17(31)9-7-29(2)28-13(9)16(21)22/h4-7,16H,3H2,1-2H3,(H,27,31). The summed E-state index contributed by atoms with van der Waals surface area (Å²) in [6.07, 6.45) is -6.51. The highest BCUT2D eigenvalue weighted by atomic mass is 79.9. The molecule has 7 nitrogen and oxygen atoms in total. The number of halogens is 7. The van der Waals surface area contributed by atoms with Crippen LogP contribution in [-0.4, -0.2) is 32.1 Å². The van der Waals surface area contributed by atoms with Crippen molar-refractivity contribution < 1.29 is 35.9 Å². The zero-order chi connectivity index (χ0) is 23.8. The summed E-state index contributed by atoms with van der Waals surface area (Å²) in [5.41, 5.74) is -3.98. The van der Waals surface area contributed by atoms with Gasteiger partial charge in [0.15, 0.2) is 5.69 Å². The number of carbonyl (C=O) groups excluding carboxylic acids is 1. The molecule has 32 heavy (non-hydrogen) atoms. The van der Waals surface area contributed by atoms with Crippen molar-refractivity contribution in [2.75, 3.05) is 11.9 Å². The van der Waals surface area contributed by atoms with E-state index < -0.39 is 47.0 Å². The molecule has 1 N–H and O–H groups in total. The van der Waals surface area contributed by atoms with Crippen molar-refractivity contribution in [1.82, 2.24) is 19.6 Å². The zero-order valence-corrected chi connectivity index (χ0v) is 17.9. The van der Waals surface area contributed by atoms with Gasteiger partial charge in [0.1, 0.15) is 22.9 Å². The van der Waals surface area contributed by atoms with Gasteiger partial charge in [-0.2, -0.15) is 23.4 Å². The van der Waals surface area contributed by atoms with Crippen molar-refractivity contribution in [2.24, 2.45) is 7.05 Å². The van der Waals surface area contributed by atoms with E-state index in [1.165, 1.54) is 7.05 Å². The summed E-state index contributed by atoms with van der Waals surface area (Å²) in [5.74, 6) is -2.24. The number of amides is 1. The number of nitrogens with one attached hydrogen (secondary N) is 1. The number of rotatable bonds is 6. The lowest BCUT2D eigenvalue weighted by atomic mass is 10.2. The summed E-state index contributed by atoms with van der Waals surface area (Å²) < 4.78 is 88.3. The molecule has 3 aromatic rings. The smallest absolute Gasteiger partial charge is 0.435 e. The third-order valence-corrected chi connectivity index (χ3v) is 4.70. The van der Waals surface area contributed by atoms with Crippen LogP contribution in [-0.2, 0) is 13.2 Å². The Hall–Kier alpha value is -3.03. The fourth-order valence-corrected chi connectivity index (χ4v) is 3.51. The van der Waals surface area contributed by atoms with Crippen LogP contribution >= 0.6 is 15.9 Å². The van der Waals surface area contributed by atoms with Gasteiger partial charge in [-0.25, -0.2) is 17.9 Å². The molecule has 0 atom stereocenters. The number of aromatic nitrogens is 4. The van der Waals surface area contributed by atoms with E-state index in [4.69, 9.17) is 4.74 Å². The summed E-state index contributed by atoms with van der Waals surface area (Å²) in [6.45, 7) is 1.57. The van der Waals surface area contributed by atoms with Crippen LogP contribution in [0.25, 0.3) is 5.69 Å². The van der Waals surface area contributed by atoms with E-state index in [1.54, 1.807) is 6.92 Å². The van der Waals surface area contributed by atoms with E-state index >= 15 is 0 Å². The van der Waals surface area contributed by atoms with Crippen LogP contribution in [0.15, 0.2) is 29.0 Å². The Morgan fingerprint density at radius 3 is 2.59 bits per heavy atom. The summed E-state index contributed by atoms with van der Waals surface area (Å²) in [5, 5.41) is 9.08.